The summed E-state index contributed by atoms with van der Waals surface area (Å²) in [5, 5.41) is 6.04. The summed E-state index contributed by atoms with van der Waals surface area (Å²) < 4.78 is 0. The minimum absolute atomic E-state index is 1.13. The maximum atomic E-state index is 9.93. The summed E-state index contributed by atoms with van der Waals surface area (Å²) in [5.41, 5.74) is 0. The normalized spacial score (nSPS) is 13.1. The van der Waals surface area contributed by atoms with Crippen LogP contribution >= 0.6 is 0 Å². The van der Waals surface area contributed by atoms with E-state index in [0.29, 0.717) is 0 Å². The van der Waals surface area contributed by atoms with Crippen LogP contribution in [0.2, 0.25) is 6.55 Å². The average Bonchev–Trinajstić information content (AvgIpc) is 2.35. The van der Waals surface area contributed by atoms with E-state index in [4.69, 9.17) is 0 Å². The van der Waals surface area contributed by atoms with Gasteiger partial charge in [-0.2, -0.15) is 0 Å². The molecule has 1 atom stereocenters. The van der Waals surface area contributed by atoms with Crippen LogP contribution in [0, 0.1) is 0 Å². The zero-order valence-electron chi connectivity index (χ0n) is 9.72. The number of benzene rings is 3. The molecular weight excluding hydrogens is 224 g/mol. The van der Waals surface area contributed by atoms with Gasteiger partial charge in [0.2, 0.25) is 9.04 Å². The van der Waals surface area contributed by atoms with Crippen LogP contribution in [0.25, 0.3) is 21.5 Å². The zero-order valence-corrected chi connectivity index (χ0v) is 10.9. The summed E-state index contributed by atoms with van der Waals surface area (Å²) in [5.74, 6) is 0. The van der Waals surface area contributed by atoms with Crippen LogP contribution in [-0.4, -0.2) is 13.8 Å². The Bertz CT molecular complexity index is 689. The van der Waals surface area contributed by atoms with Crippen molar-refractivity contribution in [2.75, 3.05) is 0 Å². The predicted octanol–water partition coefficient (Wildman–Crippen LogP) is 2.55. The third kappa shape index (κ3) is 1.75. The third-order valence-corrected chi connectivity index (χ3v) is 4.63. The van der Waals surface area contributed by atoms with Gasteiger partial charge in [-0.25, -0.2) is 0 Å². The Hall–Kier alpha value is -1.64. The van der Waals surface area contributed by atoms with E-state index >= 15 is 0 Å². The minimum atomic E-state index is -1.76. The number of hydrogen-bond acceptors (Lipinski definition) is 1. The standard InChI is InChI=1S/C15H14OSi/c1-17(16)15-8-4-7-13-9-11-5-2-3-6-12(11)10-14(13)15/h2-10,16-17H,1H3. The van der Waals surface area contributed by atoms with E-state index in [1.807, 2.05) is 18.7 Å². The first kappa shape index (κ1) is 10.5. The molecule has 1 nitrogen and oxygen atoms in total. The molecule has 0 aliphatic rings. The fourth-order valence-corrected chi connectivity index (χ4v) is 3.45. The van der Waals surface area contributed by atoms with Crippen molar-refractivity contribution < 1.29 is 4.80 Å². The fourth-order valence-electron chi connectivity index (χ4n) is 2.36. The lowest BCUT2D eigenvalue weighted by Crippen LogP contribution is -2.26. The van der Waals surface area contributed by atoms with Crippen molar-refractivity contribution in [3.8, 4) is 0 Å². The lowest BCUT2D eigenvalue weighted by Gasteiger charge is -2.09. The van der Waals surface area contributed by atoms with Crippen molar-refractivity contribution in [2.24, 2.45) is 0 Å². The molecule has 3 rings (SSSR count). The largest absolute Gasteiger partial charge is 0.431 e. The second kappa shape index (κ2) is 3.98. The van der Waals surface area contributed by atoms with Gasteiger partial charge in [0.1, 0.15) is 0 Å². The van der Waals surface area contributed by atoms with Gasteiger partial charge in [0.25, 0.3) is 0 Å². The first-order valence-electron chi connectivity index (χ1n) is 5.85. The van der Waals surface area contributed by atoms with Crippen LogP contribution < -0.4 is 5.19 Å². The maximum absolute atomic E-state index is 9.93. The maximum Gasteiger partial charge on any atom is 0.201 e. The highest BCUT2D eigenvalue weighted by atomic mass is 28.3. The molecule has 1 unspecified atom stereocenters. The Balaban J connectivity index is 2.43. The minimum Gasteiger partial charge on any atom is -0.431 e. The molecule has 0 aliphatic heterocycles. The van der Waals surface area contributed by atoms with Gasteiger partial charge >= 0.3 is 0 Å². The lowest BCUT2D eigenvalue weighted by atomic mass is 10.0. The summed E-state index contributed by atoms with van der Waals surface area (Å²) in [4.78, 5) is 9.93. The lowest BCUT2D eigenvalue weighted by molar-refractivity contribution is 0.594. The molecule has 84 valence electrons. The molecule has 2 heteroatoms. The van der Waals surface area contributed by atoms with Crippen LogP contribution in [-0.2, 0) is 0 Å². The highest BCUT2D eigenvalue weighted by Crippen LogP contribution is 2.21. The van der Waals surface area contributed by atoms with Gasteiger partial charge in [-0.3, -0.25) is 0 Å². The monoisotopic (exact) mass is 238 g/mol. The molecule has 0 amide bonds. The van der Waals surface area contributed by atoms with Gasteiger partial charge < -0.3 is 4.80 Å². The Morgan fingerprint density at radius 1 is 0.824 bits per heavy atom. The highest BCUT2D eigenvalue weighted by molar-refractivity contribution is 6.67. The van der Waals surface area contributed by atoms with Gasteiger partial charge in [-0.05, 0) is 45.4 Å². The number of fused-ring (bicyclic) bond motifs is 2. The summed E-state index contributed by atoms with van der Waals surface area (Å²) >= 11 is 0. The Morgan fingerprint density at radius 2 is 1.47 bits per heavy atom. The van der Waals surface area contributed by atoms with Crippen LogP contribution in [0.1, 0.15) is 0 Å². The molecule has 0 radical (unpaired) electrons. The van der Waals surface area contributed by atoms with Crippen LogP contribution in [0.15, 0.2) is 54.6 Å². The van der Waals surface area contributed by atoms with Crippen LogP contribution in [0.4, 0.5) is 0 Å². The molecule has 0 bridgehead atoms. The third-order valence-electron chi connectivity index (χ3n) is 3.23. The van der Waals surface area contributed by atoms with E-state index in [1.54, 1.807) is 0 Å². The van der Waals surface area contributed by atoms with Gasteiger partial charge in [0.05, 0.1) is 0 Å². The first-order chi connectivity index (χ1) is 8.25. The number of hydrogen-bond donors (Lipinski definition) is 1. The molecule has 3 aromatic carbocycles. The molecule has 0 fully saturated rings. The van der Waals surface area contributed by atoms with E-state index in [0.717, 1.165) is 5.19 Å². The van der Waals surface area contributed by atoms with Gasteiger partial charge in [-0.1, -0.05) is 42.5 Å². The summed E-state index contributed by atoms with van der Waals surface area (Å²) in [6.45, 7) is 1.95. The topological polar surface area (TPSA) is 20.2 Å². The summed E-state index contributed by atoms with van der Waals surface area (Å²) in [6.07, 6.45) is 0. The van der Waals surface area contributed by atoms with Crippen LogP contribution in [0.5, 0.6) is 0 Å². The van der Waals surface area contributed by atoms with Crippen molar-refractivity contribution in [3.63, 3.8) is 0 Å². The highest BCUT2D eigenvalue weighted by Gasteiger charge is 2.08. The second-order valence-electron chi connectivity index (χ2n) is 4.44. The molecule has 3 aromatic rings. The molecule has 0 saturated carbocycles. The SMILES string of the molecule is C[SiH](O)c1cccc2cc3ccccc3cc12. The fraction of sp³-hybridized carbons (Fsp3) is 0.0667. The van der Waals surface area contributed by atoms with Gasteiger partial charge in [-0.15, -0.1) is 0 Å². The predicted molar refractivity (Wildman–Crippen MR) is 76.3 cm³/mol. The Labute approximate surface area is 102 Å². The van der Waals surface area contributed by atoms with E-state index in [1.165, 1.54) is 21.5 Å². The van der Waals surface area contributed by atoms with Crippen molar-refractivity contribution >= 4 is 35.8 Å². The molecule has 1 N–H and O–H groups in total. The van der Waals surface area contributed by atoms with E-state index in [9.17, 15) is 4.80 Å². The van der Waals surface area contributed by atoms with E-state index < -0.39 is 9.04 Å². The second-order valence-corrected chi connectivity index (χ2v) is 6.42. The van der Waals surface area contributed by atoms with Crippen molar-refractivity contribution in [1.29, 1.82) is 0 Å². The van der Waals surface area contributed by atoms with Crippen molar-refractivity contribution in [2.45, 2.75) is 6.55 Å². The molecule has 0 heterocycles. The van der Waals surface area contributed by atoms with E-state index in [-0.39, 0.29) is 0 Å². The molecular formula is C15H14OSi. The molecule has 0 saturated heterocycles. The first-order valence-corrected chi connectivity index (χ1v) is 8.10. The van der Waals surface area contributed by atoms with Gasteiger partial charge in [0.15, 0.2) is 0 Å². The molecule has 0 spiro atoms. The average molecular weight is 238 g/mol. The van der Waals surface area contributed by atoms with Crippen molar-refractivity contribution in [3.05, 3.63) is 54.6 Å². The Morgan fingerprint density at radius 3 is 2.18 bits per heavy atom. The van der Waals surface area contributed by atoms with E-state index in [2.05, 4.69) is 42.5 Å². The van der Waals surface area contributed by atoms with Crippen LogP contribution in [0.3, 0.4) is 0 Å². The summed E-state index contributed by atoms with van der Waals surface area (Å²) in [7, 11) is -1.76. The van der Waals surface area contributed by atoms with Crippen molar-refractivity contribution in [1.82, 2.24) is 0 Å². The Kier molecular flexibility index (Phi) is 2.46. The summed E-state index contributed by atoms with van der Waals surface area (Å²) in [6, 6.07) is 18.9. The quantitative estimate of drug-likeness (QED) is 0.510. The number of rotatable bonds is 1. The molecule has 0 aromatic heterocycles. The molecule has 17 heavy (non-hydrogen) atoms. The zero-order chi connectivity index (χ0) is 11.8. The smallest absolute Gasteiger partial charge is 0.201 e. The molecule has 0 aliphatic carbocycles. The van der Waals surface area contributed by atoms with Gasteiger partial charge in [0, 0.05) is 0 Å².